The van der Waals surface area contributed by atoms with Crippen LogP contribution >= 0.6 is 11.8 Å². The summed E-state index contributed by atoms with van der Waals surface area (Å²) in [5.41, 5.74) is 0.890. The van der Waals surface area contributed by atoms with E-state index in [0.717, 1.165) is 10.9 Å². The Balaban J connectivity index is 2.95. The second-order valence-electron chi connectivity index (χ2n) is 2.98. The number of hydrogen-bond acceptors (Lipinski definition) is 3. The van der Waals surface area contributed by atoms with E-state index < -0.39 is 0 Å². The standard InChI is InChI=1S/C10H10N2OS/c1-12-8-6-4-3-5-7(8)9(13)10(11-12)14-2/h3-6H,1-2H3. The summed E-state index contributed by atoms with van der Waals surface area (Å²) >= 11 is 1.38. The van der Waals surface area contributed by atoms with E-state index >= 15 is 0 Å². The van der Waals surface area contributed by atoms with Gasteiger partial charge in [-0.1, -0.05) is 12.1 Å². The summed E-state index contributed by atoms with van der Waals surface area (Å²) in [7, 11) is 1.85. The molecule has 0 saturated carbocycles. The van der Waals surface area contributed by atoms with Crippen molar-refractivity contribution in [1.29, 1.82) is 0 Å². The smallest absolute Gasteiger partial charge is 0.221 e. The largest absolute Gasteiger partial charge is 0.286 e. The third kappa shape index (κ3) is 1.32. The van der Waals surface area contributed by atoms with E-state index in [4.69, 9.17) is 0 Å². The molecule has 0 aliphatic carbocycles. The van der Waals surface area contributed by atoms with Crippen LogP contribution in [0.15, 0.2) is 34.1 Å². The van der Waals surface area contributed by atoms with Crippen molar-refractivity contribution < 1.29 is 0 Å². The molecule has 72 valence electrons. The van der Waals surface area contributed by atoms with Crippen molar-refractivity contribution in [2.24, 2.45) is 7.05 Å². The molecule has 0 radical (unpaired) electrons. The highest BCUT2D eigenvalue weighted by Gasteiger charge is 2.06. The molecular weight excluding hydrogens is 196 g/mol. The van der Waals surface area contributed by atoms with Crippen LogP contribution in [0.5, 0.6) is 0 Å². The molecule has 0 N–H and O–H groups in total. The van der Waals surface area contributed by atoms with Gasteiger partial charge in [-0.3, -0.25) is 9.48 Å². The van der Waals surface area contributed by atoms with Crippen LogP contribution in [0.1, 0.15) is 0 Å². The van der Waals surface area contributed by atoms with Gasteiger partial charge in [0.05, 0.1) is 10.9 Å². The summed E-state index contributed by atoms with van der Waals surface area (Å²) in [4.78, 5) is 11.8. The van der Waals surface area contributed by atoms with Gasteiger partial charge in [-0.25, -0.2) is 0 Å². The maximum absolute atomic E-state index is 11.8. The predicted octanol–water partition coefficient (Wildman–Crippen LogP) is 1.66. The van der Waals surface area contributed by atoms with Crippen molar-refractivity contribution in [3.8, 4) is 0 Å². The average molecular weight is 206 g/mol. The number of fused-ring (bicyclic) bond motifs is 1. The first-order valence-corrected chi connectivity index (χ1v) is 5.46. The van der Waals surface area contributed by atoms with Crippen LogP contribution in [-0.2, 0) is 7.05 Å². The molecule has 0 amide bonds. The maximum Gasteiger partial charge on any atom is 0.221 e. The van der Waals surface area contributed by atoms with Crippen LogP contribution < -0.4 is 5.43 Å². The Morgan fingerprint density at radius 1 is 1.36 bits per heavy atom. The number of benzene rings is 1. The SMILES string of the molecule is CSc1nn(C)c2ccccc2c1=O. The van der Waals surface area contributed by atoms with Gasteiger partial charge >= 0.3 is 0 Å². The van der Waals surface area contributed by atoms with Gasteiger partial charge in [-0.2, -0.15) is 5.10 Å². The van der Waals surface area contributed by atoms with E-state index in [-0.39, 0.29) is 5.43 Å². The molecule has 2 rings (SSSR count). The van der Waals surface area contributed by atoms with Crippen molar-refractivity contribution in [3.05, 3.63) is 34.5 Å². The van der Waals surface area contributed by atoms with Crippen LogP contribution in [0.25, 0.3) is 10.9 Å². The second kappa shape index (κ2) is 3.46. The summed E-state index contributed by atoms with van der Waals surface area (Å²) in [6, 6.07) is 7.50. The number of hydrogen-bond donors (Lipinski definition) is 0. The van der Waals surface area contributed by atoms with E-state index in [0.29, 0.717) is 5.03 Å². The Kier molecular flexibility index (Phi) is 2.29. The third-order valence-corrected chi connectivity index (χ3v) is 2.78. The zero-order valence-corrected chi connectivity index (χ0v) is 8.84. The molecule has 14 heavy (non-hydrogen) atoms. The lowest BCUT2D eigenvalue weighted by Gasteiger charge is -2.05. The van der Waals surface area contributed by atoms with Crippen LogP contribution in [0.2, 0.25) is 0 Å². The van der Waals surface area contributed by atoms with Crippen LogP contribution in [0, 0.1) is 0 Å². The van der Waals surface area contributed by atoms with Gasteiger partial charge in [0.1, 0.15) is 0 Å². The molecule has 0 unspecified atom stereocenters. The summed E-state index contributed by atoms with van der Waals surface area (Å²) < 4.78 is 1.74. The normalized spacial score (nSPS) is 10.7. The molecular formula is C10H10N2OS. The predicted molar refractivity (Wildman–Crippen MR) is 58.8 cm³/mol. The van der Waals surface area contributed by atoms with Gasteiger partial charge < -0.3 is 0 Å². The molecule has 0 aliphatic heterocycles. The topological polar surface area (TPSA) is 34.9 Å². The van der Waals surface area contributed by atoms with Gasteiger partial charge in [0.15, 0.2) is 5.03 Å². The first kappa shape index (κ1) is 9.27. The van der Waals surface area contributed by atoms with Gasteiger partial charge in [0.25, 0.3) is 0 Å². The number of aromatic nitrogens is 2. The fourth-order valence-electron chi connectivity index (χ4n) is 1.43. The maximum atomic E-state index is 11.8. The van der Waals surface area contributed by atoms with Crippen molar-refractivity contribution >= 4 is 22.7 Å². The second-order valence-corrected chi connectivity index (χ2v) is 3.77. The molecule has 0 aliphatic rings. The summed E-state index contributed by atoms with van der Waals surface area (Å²) in [6.45, 7) is 0. The molecule has 4 heteroatoms. The Labute approximate surface area is 85.7 Å². The lowest BCUT2D eigenvalue weighted by molar-refractivity contribution is 0.724. The number of para-hydroxylation sites is 1. The van der Waals surface area contributed by atoms with E-state index in [1.807, 2.05) is 37.6 Å². The fraction of sp³-hybridized carbons (Fsp3) is 0.200. The van der Waals surface area contributed by atoms with Crippen LogP contribution in [0.4, 0.5) is 0 Å². The van der Waals surface area contributed by atoms with Crippen LogP contribution in [-0.4, -0.2) is 16.0 Å². The molecule has 1 heterocycles. The third-order valence-electron chi connectivity index (χ3n) is 2.13. The number of aryl methyl sites for hydroxylation is 1. The molecule has 1 aromatic carbocycles. The van der Waals surface area contributed by atoms with E-state index in [2.05, 4.69) is 5.10 Å². The van der Waals surface area contributed by atoms with Gasteiger partial charge in [0.2, 0.25) is 5.43 Å². The Morgan fingerprint density at radius 2 is 2.07 bits per heavy atom. The highest BCUT2D eigenvalue weighted by Crippen LogP contribution is 2.12. The Hall–Kier alpha value is -1.29. The van der Waals surface area contributed by atoms with Crippen molar-refractivity contribution in [2.75, 3.05) is 6.26 Å². The minimum absolute atomic E-state index is 0.0196. The number of rotatable bonds is 1. The lowest BCUT2D eigenvalue weighted by Crippen LogP contribution is -2.13. The van der Waals surface area contributed by atoms with Crippen molar-refractivity contribution in [1.82, 2.24) is 9.78 Å². The zero-order valence-electron chi connectivity index (χ0n) is 8.02. The highest BCUT2D eigenvalue weighted by atomic mass is 32.2. The molecule has 1 aromatic heterocycles. The molecule has 2 aromatic rings. The number of thioether (sulfide) groups is 1. The molecule has 0 saturated heterocycles. The summed E-state index contributed by atoms with van der Waals surface area (Å²) in [6.07, 6.45) is 1.86. The molecule has 0 fully saturated rings. The molecule has 3 nitrogen and oxygen atoms in total. The quantitative estimate of drug-likeness (QED) is 0.665. The van der Waals surface area contributed by atoms with Crippen LogP contribution in [0.3, 0.4) is 0 Å². The molecule has 0 bridgehead atoms. The van der Waals surface area contributed by atoms with Gasteiger partial charge in [0, 0.05) is 7.05 Å². The fourth-order valence-corrected chi connectivity index (χ4v) is 1.93. The highest BCUT2D eigenvalue weighted by molar-refractivity contribution is 7.98. The minimum atomic E-state index is 0.0196. The molecule has 0 atom stereocenters. The lowest BCUT2D eigenvalue weighted by atomic mass is 10.2. The Morgan fingerprint density at radius 3 is 2.79 bits per heavy atom. The minimum Gasteiger partial charge on any atom is -0.286 e. The summed E-state index contributed by atoms with van der Waals surface area (Å²) in [5, 5.41) is 5.46. The van der Waals surface area contributed by atoms with E-state index in [1.54, 1.807) is 4.68 Å². The zero-order chi connectivity index (χ0) is 10.1. The molecule has 0 spiro atoms. The van der Waals surface area contributed by atoms with E-state index in [1.165, 1.54) is 11.8 Å². The van der Waals surface area contributed by atoms with Gasteiger partial charge in [-0.15, -0.1) is 11.8 Å². The monoisotopic (exact) mass is 206 g/mol. The van der Waals surface area contributed by atoms with Crippen molar-refractivity contribution in [3.63, 3.8) is 0 Å². The van der Waals surface area contributed by atoms with Gasteiger partial charge in [-0.05, 0) is 18.4 Å². The Bertz CT molecular complexity index is 533. The average Bonchev–Trinajstić information content (AvgIpc) is 2.23. The van der Waals surface area contributed by atoms with Crippen molar-refractivity contribution in [2.45, 2.75) is 5.03 Å². The summed E-state index contributed by atoms with van der Waals surface area (Å²) in [5.74, 6) is 0. The number of nitrogens with zero attached hydrogens (tertiary/aromatic N) is 2. The first-order valence-electron chi connectivity index (χ1n) is 4.24. The first-order chi connectivity index (χ1) is 6.74. The van der Waals surface area contributed by atoms with E-state index in [9.17, 15) is 4.79 Å².